The summed E-state index contributed by atoms with van der Waals surface area (Å²) in [6.07, 6.45) is 0. The van der Waals surface area contributed by atoms with Gasteiger partial charge in [-0.2, -0.15) is 0 Å². The summed E-state index contributed by atoms with van der Waals surface area (Å²) in [6, 6.07) is 14.0. The third-order valence-electron chi connectivity index (χ3n) is 5.08. The van der Waals surface area contributed by atoms with Gasteiger partial charge in [0.1, 0.15) is 5.75 Å². The fourth-order valence-electron chi connectivity index (χ4n) is 3.31. The molecule has 7 heteroatoms. The Labute approximate surface area is 171 Å². The minimum Gasteiger partial charge on any atom is -0.496 e. The highest BCUT2D eigenvalue weighted by atomic mass is 16.5. The van der Waals surface area contributed by atoms with Gasteiger partial charge >= 0.3 is 0 Å². The number of nitrogens with one attached hydrogen (secondary N) is 2. The van der Waals surface area contributed by atoms with Crippen LogP contribution in [0.1, 0.15) is 20.7 Å². The van der Waals surface area contributed by atoms with Crippen LogP contribution in [0.4, 0.5) is 5.69 Å². The average Bonchev–Trinajstić information content (AvgIpc) is 2.75. The highest BCUT2D eigenvalue weighted by Crippen LogP contribution is 2.21. The van der Waals surface area contributed by atoms with Crippen LogP contribution in [0.2, 0.25) is 0 Å². The first-order chi connectivity index (χ1) is 14.1. The predicted octanol–water partition coefficient (Wildman–Crippen LogP) is 1.92. The molecule has 0 atom stereocenters. The Hall–Kier alpha value is -2.90. The van der Waals surface area contributed by atoms with E-state index in [-0.39, 0.29) is 11.8 Å². The number of ether oxygens (including phenoxy) is 1. The third-order valence-corrected chi connectivity index (χ3v) is 5.08. The summed E-state index contributed by atoms with van der Waals surface area (Å²) in [5.74, 6) is -0.0331. The number of carbonyl (C=O) groups excluding carboxylic acids is 2. The van der Waals surface area contributed by atoms with E-state index in [4.69, 9.17) is 4.74 Å². The van der Waals surface area contributed by atoms with Gasteiger partial charge in [-0.05, 0) is 31.3 Å². The van der Waals surface area contributed by atoms with Crippen LogP contribution in [-0.4, -0.2) is 75.0 Å². The first kappa shape index (κ1) is 20.8. The lowest BCUT2D eigenvalue weighted by atomic mass is 10.1. The summed E-state index contributed by atoms with van der Waals surface area (Å²) in [5, 5.41) is 5.79. The van der Waals surface area contributed by atoms with E-state index in [0.717, 1.165) is 32.7 Å². The van der Waals surface area contributed by atoms with Gasteiger partial charge in [-0.15, -0.1) is 0 Å². The molecule has 0 aliphatic carbocycles. The quantitative estimate of drug-likeness (QED) is 0.748. The molecule has 2 aromatic rings. The standard InChI is InChI=1S/C22H28N4O3/c1-25-13-15-26(16-14-25)12-11-23-21(27)17-7-3-5-9-19(17)24-22(28)18-8-4-6-10-20(18)29-2/h3-10H,11-16H2,1-2H3,(H,23,27)(H,24,28). The maximum atomic E-state index is 12.7. The molecule has 0 unspecified atom stereocenters. The molecule has 1 aliphatic rings. The lowest BCUT2D eigenvalue weighted by Crippen LogP contribution is -2.46. The summed E-state index contributed by atoms with van der Waals surface area (Å²) in [7, 11) is 3.64. The number of para-hydroxylation sites is 2. The Kier molecular flexibility index (Phi) is 7.21. The predicted molar refractivity (Wildman–Crippen MR) is 114 cm³/mol. The molecule has 7 nitrogen and oxygen atoms in total. The minimum atomic E-state index is -0.319. The second kappa shape index (κ2) is 10.0. The van der Waals surface area contributed by atoms with Crippen LogP contribution in [-0.2, 0) is 0 Å². The molecule has 29 heavy (non-hydrogen) atoms. The number of hydrogen-bond donors (Lipinski definition) is 2. The van der Waals surface area contributed by atoms with E-state index >= 15 is 0 Å². The molecular formula is C22H28N4O3. The van der Waals surface area contributed by atoms with Crippen molar-refractivity contribution in [2.75, 3.05) is 58.7 Å². The van der Waals surface area contributed by atoms with Crippen molar-refractivity contribution < 1.29 is 14.3 Å². The molecule has 0 aromatic heterocycles. The molecule has 3 rings (SSSR count). The summed E-state index contributed by atoms with van der Waals surface area (Å²) in [5.41, 5.74) is 1.33. The Balaban J connectivity index is 1.60. The van der Waals surface area contributed by atoms with Gasteiger partial charge in [0.15, 0.2) is 0 Å². The monoisotopic (exact) mass is 396 g/mol. The van der Waals surface area contributed by atoms with Gasteiger partial charge in [0.25, 0.3) is 11.8 Å². The van der Waals surface area contributed by atoms with Gasteiger partial charge in [-0.1, -0.05) is 24.3 Å². The van der Waals surface area contributed by atoms with Crippen molar-refractivity contribution in [3.05, 3.63) is 59.7 Å². The average molecular weight is 396 g/mol. The molecule has 2 aromatic carbocycles. The lowest BCUT2D eigenvalue weighted by molar-refractivity contribution is 0.0942. The van der Waals surface area contributed by atoms with E-state index in [2.05, 4.69) is 27.5 Å². The fraction of sp³-hybridized carbons (Fsp3) is 0.364. The highest BCUT2D eigenvalue weighted by Gasteiger charge is 2.17. The third kappa shape index (κ3) is 5.56. The Morgan fingerprint density at radius 1 is 0.931 bits per heavy atom. The zero-order valence-electron chi connectivity index (χ0n) is 17.0. The van der Waals surface area contributed by atoms with Crippen LogP contribution in [0.15, 0.2) is 48.5 Å². The molecule has 0 radical (unpaired) electrons. The van der Waals surface area contributed by atoms with Crippen LogP contribution in [0, 0.1) is 0 Å². The topological polar surface area (TPSA) is 73.9 Å². The Bertz CT molecular complexity index is 847. The molecular weight excluding hydrogens is 368 g/mol. The van der Waals surface area contributed by atoms with E-state index in [9.17, 15) is 9.59 Å². The van der Waals surface area contributed by atoms with E-state index < -0.39 is 0 Å². The minimum absolute atomic E-state index is 0.199. The summed E-state index contributed by atoms with van der Waals surface area (Å²) in [4.78, 5) is 30.0. The molecule has 0 spiro atoms. The molecule has 1 fully saturated rings. The van der Waals surface area contributed by atoms with Crippen molar-refractivity contribution in [1.29, 1.82) is 0 Å². The van der Waals surface area contributed by atoms with Gasteiger partial charge in [0, 0.05) is 39.3 Å². The normalized spacial score (nSPS) is 15.0. The van der Waals surface area contributed by atoms with Gasteiger partial charge < -0.3 is 20.3 Å². The van der Waals surface area contributed by atoms with Crippen molar-refractivity contribution in [1.82, 2.24) is 15.1 Å². The first-order valence-corrected chi connectivity index (χ1v) is 9.81. The second-order valence-corrected chi connectivity index (χ2v) is 7.10. The van der Waals surface area contributed by atoms with E-state index in [1.807, 2.05) is 0 Å². The highest BCUT2D eigenvalue weighted by molar-refractivity contribution is 6.10. The molecule has 1 saturated heterocycles. The molecule has 0 bridgehead atoms. The number of methoxy groups -OCH3 is 1. The first-order valence-electron chi connectivity index (χ1n) is 9.81. The molecule has 1 heterocycles. The van der Waals surface area contributed by atoms with E-state index in [1.54, 1.807) is 48.5 Å². The maximum absolute atomic E-state index is 12.7. The van der Waals surface area contributed by atoms with Crippen molar-refractivity contribution in [2.24, 2.45) is 0 Å². The number of piperazine rings is 1. The molecule has 154 valence electrons. The number of carbonyl (C=O) groups is 2. The van der Waals surface area contributed by atoms with Crippen molar-refractivity contribution >= 4 is 17.5 Å². The molecule has 2 N–H and O–H groups in total. The Morgan fingerprint density at radius 3 is 2.31 bits per heavy atom. The van der Waals surface area contributed by atoms with Crippen molar-refractivity contribution in [3.8, 4) is 5.75 Å². The summed E-state index contributed by atoms with van der Waals surface area (Å²) in [6.45, 7) is 5.50. The number of benzene rings is 2. The van der Waals surface area contributed by atoms with E-state index in [1.165, 1.54) is 7.11 Å². The number of anilines is 1. The SMILES string of the molecule is COc1ccccc1C(=O)Nc1ccccc1C(=O)NCCN1CCN(C)CC1. The van der Waals surface area contributed by atoms with Gasteiger partial charge in [-0.25, -0.2) is 0 Å². The van der Waals surface area contributed by atoms with Crippen LogP contribution < -0.4 is 15.4 Å². The zero-order valence-corrected chi connectivity index (χ0v) is 17.0. The summed E-state index contributed by atoms with van der Waals surface area (Å²) < 4.78 is 5.25. The zero-order chi connectivity index (χ0) is 20.6. The molecule has 2 amide bonds. The fourth-order valence-corrected chi connectivity index (χ4v) is 3.31. The Morgan fingerprint density at radius 2 is 1.59 bits per heavy atom. The van der Waals surface area contributed by atoms with Gasteiger partial charge in [0.2, 0.25) is 0 Å². The number of rotatable bonds is 7. The van der Waals surface area contributed by atoms with Crippen LogP contribution in [0.5, 0.6) is 5.75 Å². The van der Waals surface area contributed by atoms with Crippen LogP contribution >= 0.6 is 0 Å². The molecule has 0 saturated carbocycles. The number of likely N-dealkylation sites (N-methyl/N-ethyl adjacent to an activating group) is 1. The number of nitrogens with zero attached hydrogens (tertiary/aromatic N) is 2. The number of amides is 2. The van der Waals surface area contributed by atoms with Crippen molar-refractivity contribution in [2.45, 2.75) is 0 Å². The van der Waals surface area contributed by atoms with Crippen LogP contribution in [0.3, 0.4) is 0 Å². The maximum Gasteiger partial charge on any atom is 0.259 e. The smallest absolute Gasteiger partial charge is 0.259 e. The van der Waals surface area contributed by atoms with E-state index in [0.29, 0.717) is 29.1 Å². The molecule has 1 aliphatic heterocycles. The van der Waals surface area contributed by atoms with Crippen molar-refractivity contribution in [3.63, 3.8) is 0 Å². The largest absolute Gasteiger partial charge is 0.496 e. The second-order valence-electron chi connectivity index (χ2n) is 7.10. The summed E-state index contributed by atoms with van der Waals surface area (Å²) >= 11 is 0. The van der Waals surface area contributed by atoms with Gasteiger partial charge in [0.05, 0.1) is 23.9 Å². The lowest BCUT2D eigenvalue weighted by Gasteiger charge is -2.32. The van der Waals surface area contributed by atoms with Gasteiger partial charge in [-0.3, -0.25) is 14.5 Å². The number of hydrogen-bond acceptors (Lipinski definition) is 5. The van der Waals surface area contributed by atoms with Crippen LogP contribution in [0.25, 0.3) is 0 Å².